The molecule has 0 spiro atoms. The Balaban J connectivity index is 2.51. The maximum absolute atomic E-state index is 11.7. The highest BCUT2D eigenvalue weighted by Crippen LogP contribution is 2.24. The van der Waals surface area contributed by atoms with Gasteiger partial charge >= 0.3 is 0 Å². The van der Waals surface area contributed by atoms with E-state index >= 15 is 0 Å². The molecule has 0 saturated carbocycles. The summed E-state index contributed by atoms with van der Waals surface area (Å²) in [5, 5.41) is 2.86. The number of hydrogen-bond donors (Lipinski definition) is 2. The Hall–Kier alpha value is -1.55. The van der Waals surface area contributed by atoms with Crippen LogP contribution in [0.15, 0.2) is 12.1 Å². The molecular formula is C16H26N2O2. The van der Waals surface area contributed by atoms with Gasteiger partial charge in [0.2, 0.25) is 0 Å². The lowest BCUT2D eigenvalue weighted by atomic mass is 10.1. The number of rotatable bonds is 7. The standard InChI is InChI=1S/C16H26N2O2/c1-11(2)5-6-18-15(19)10-20-16-12(3)7-14(9-17)8-13(16)4/h7-8,11H,5-6,9-10,17H2,1-4H3,(H,18,19). The Labute approximate surface area is 121 Å². The molecule has 0 bridgehead atoms. The van der Waals surface area contributed by atoms with Crippen molar-refractivity contribution in [3.63, 3.8) is 0 Å². The van der Waals surface area contributed by atoms with E-state index in [0.29, 0.717) is 19.0 Å². The van der Waals surface area contributed by atoms with Crippen molar-refractivity contribution < 1.29 is 9.53 Å². The molecule has 1 rings (SSSR count). The van der Waals surface area contributed by atoms with Crippen molar-refractivity contribution in [2.45, 2.75) is 40.7 Å². The molecule has 0 aliphatic carbocycles. The lowest BCUT2D eigenvalue weighted by molar-refractivity contribution is -0.123. The van der Waals surface area contributed by atoms with Crippen molar-refractivity contribution in [2.24, 2.45) is 11.7 Å². The lowest BCUT2D eigenvalue weighted by Crippen LogP contribution is -2.30. The molecule has 0 heterocycles. The molecule has 4 heteroatoms. The minimum atomic E-state index is -0.0765. The monoisotopic (exact) mass is 278 g/mol. The molecule has 0 atom stereocenters. The average molecular weight is 278 g/mol. The van der Waals surface area contributed by atoms with Crippen molar-refractivity contribution in [1.82, 2.24) is 5.32 Å². The topological polar surface area (TPSA) is 64.3 Å². The van der Waals surface area contributed by atoms with Gasteiger partial charge in [0.05, 0.1) is 0 Å². The summed E-state index contributed by atoms with van der Waals surface area (Å²) in [6.07, 6.45) is 0.981. The summed E-state index contributed by atoms with van der Waals surface area (Å²) >= 11 is 0. The number of carbonyl (C=O) groups is 1. The number of amides is 1. The third-order valence-electron chi connectivity index (χ3n) is 3.15. The first kappa shape index (κ1) is 16.5. The first-order chi connectivity index (χ1) is 9.43. The Kier molecular flexibility index (Phi) is 6.52. The van der Waals surface area contributed by atoms with Crippen LogP contribution >= 0.6 is 0 Å². The molecule has 0 saturated heterocycles. The van der Waals surface area contributed by atoms with Gasteiger partial charge in [0.15, 0.2) is 6.61 Å². The minimum absolute atomic E-state index is 0.0573. The van der Waals surface area contributed by atoms with Crippen LogP contribution in [0.25, 0.3) is 0 Å². The smallest absolute Gasteiger partial charge is 0.257 e. The third-order valence-corrected chi connectivity index (χ3v) is 3.15. The molecule has 0 radical (unpaired) electrons. The van der Waals surface area contributed by atoms with E-state index < -0.39 is 0 Å². The Morgan fingerprint density at radius 3 is 2.40 bits per heavy atom. The summed E-state index contributed by atoms with van der Waals surface area (Å²) in [4.78, 5) is 11.7. The Morgan fingerprint density at radius 2 is 1.90 bits per heavy atom. The normalized spacial score (nSPS) is 10.7. The summed E-state index contributed by atoms with van der Waals surface area (Å²) in [5.41, 5.74) is 8.74. The van der Waals surface area contributed by atoms with Crippen molar-refractivity contribution >= 4 is 5.91 Å². The highest BCUT2D eigenvalue weighted by Gasteiger charge is 2.08. The second kappa shape index (κ2) is 7.90. The number of ether oxygens (including phenoxy) is 1. The molecule has 1 amide bonds. The van der Waals surface area contributed by atoms with Gasteiger partial charge in [-0.05, 0) is 42.9 Å². The van der Waals surface area contributed by atoms with E-state index in [1.807, 2.05) is 26.0 Å². The van der Waals surface area contributed by atoms with Crippen LogP contribution in [-0.2, 0) is 11.3 Å². The van der Waals surface area contributed by atoms with E-state index in [2.05, 4.69) is 19.2 Å². The van der Waals surface area contributed by atoms with Gasteiger partial charge in [-0.25, -0.2) is 0 Å². The van der Waals surface area contributed by atoms with E-state index in [4.69, 9.17) is 10.5 Å². The molecule has 4 nitrogen and oxygen atoms in total. The number of nitrogens with one attached hydrogen (secondary N) is 1. The van der Waals surface area contributed by atoms with Gasteiger partial charge in [-0.2, -0.15) is 0 Å². The van der Waals surface area contributed by atoms with Crippen molar-refractivity contribution in [1.29, 1.82) is 0 Å². The van der Waals surface area contributed by atoms with Crippen LogP contribution in [0.4, 0.5) is 0 Å². The number of benzene rings is 1. The molecular weight excluding hydrogens is 252 g/mol. The van der Waals surface area contributed by atoms with Crippen molar-refractivity contribution in [3.8, 4) is 5.75 Å². The molecule has 0 fully saturated rings. The highest BCUT2D eigenvalue weighted by molar-refractivity contribution is 5.77. The van der Waals surface area contributed by atoms with Crippen LogP contribution in [-0.4, -0.2) is 19.1 Å². The lowest BCUT2D eigenvalue weighted by Gasteiger charge is -2.14. The maximum Gasteiger partial charge on any atom is 0.257 e. The number of carbonyl (C=O) groups excluding carboxylic acids is 1. The maximum atomic E-state index is 11.7. The molecule has 1 aromatic carbocycles. The average Bonchev–Trinajstić information content (AvgIpc) is 2.36. The number of nitrogens with two attached hydrogens (primary N) is 1. The molecule has 112 valence electrons. The van der Waals surface area contributed by atoms with Crippen LogP contribution in [0.3, 0.4) is 0 Å². The molecule has 1 aromatic rings. The Bertz CT molecular complexity index is 433. The summed E-state index contributed by atoms with van der Waals surface area (Å²) in [6.45, 7) is 9.47. The number of aryl methyl sites for hydroxylation is 2. The fraction of sp³-hybridized carbons (Fsp3) is 0.562. The summed E-state index contributed by atoms with van der Waals surface area (Å²) in [6, 6.07) is 4.00. The molecule has 0 aromatic heterocycles. The zero-order valence-electron chi connectivity index (χ0n) is 13.0. The fourth-order valence-electron chi connectivity index (χ4n) is 2.07. The van der Waals surface area contributed by atoms with Crippen molar-refractivity contribution in [3.05, 3.63) is 28.8 Å². The second-order valence-electron chi connectivity index (χ2n) is 5.58. The van der Waals surface area contributed by atoms with Gasteiger partial charge < -0.3 is 15.8 Å². The predicted molar refractivity (Wildman–Crippen MR) is 81.8 cm³/mol. The van der Waals surface area contributed by atoms with E-state index in [9.17, 15) is 4.79 Å². The first-order valence-electron chi connectivity index (χ1n) is 7.13. The van der Waals surface area contributed by atoms with Crippen molar-refractivity contribution in [2.75, 3.05) is 13.2 Å². The quantitative estimate of drug-likeness (QED) is 0.804. The van der Waals surface area contributed by atoms with Crippen LogP contribution in [0, 0.1) is 19.8 Å². The summed E-state index contributed by atoms with van der Waals surface area (Å²) in [5.74, 6) is 1.29. The van der Waals surface area contributed by atoms with Gasteiger partial charge in [0, 0.05) is 13.1 Å². The van der Waals surface area contributed by atoms with E-state index in [-0.39, 0.29) is 12.5 Å². The molecule has 3 N–H and O–H groups in total. The molecule has 0 unspecified atom stereocenters. The summed E-state index contributed by atoms with van der Waals surface area (Å²) in [7, 11) is 0. The van der Waals surface area contributed by atoms with Crippen LogP contribution in [0.5, 0.6) is 5.75 Å². The zero-order chi connectivity index (χ0) is 15.1. The van der Waals surface area contributed by atoms with E-state index in [1.165, 1.54) is 0 Å². The van der Waals surface area contributed by atoms with Crippen LogP contribution < -0.4 is 15.8 Å². The minimum Gasteiger partial charge on any atom is -0.483 e. The summed E-state index contributed by atoms with van der Waals surface area (Å²) < 4.78 is 5.63. The van der Waals surface area contributed by atoms with E-state index in [1.54, 1.807) is 0 Å². The SMILES string of the molecule is Cc1cc(CN)cc(C)c1OCC(=O)NCCC(C)C. The fourth-order valence-corrected chi connectivity index (χ4v) is 2.07. The van der Waals surface area contributed by atoms with Gasteiger partial charge in [-0.15, -0.1) is 0 Å². The van der Waals surface area contributed by atoms with Gasteiger partial charge in [0.25, 0.3) is 5.91 Å². The largest absolute Gasteiger partial charge is 0.483 e. The zero-order valence-corrected chi connectivity index (χ0v) is 13.0. The molecule has 20 heavy (non-hydrogen) atoms. The first-order valence-corrected chi connectivity index (χ1v) is 7.13. The van der Waals surface area contributed by atoms with Gasteiger partial charge in [-0.1, -0.05) is 26.0 Å². The Morgan fingerprint density at radius 1 is 1.30 bits per heavy atom. The second-order valence-corrected chi connectivity index (χ2v) is 5.58. The predicted octanol–water partition coefficient (Wildman–Crippen LogP) is 2.30. The van der Waals surface area contributed by atoms with Crippen LogP contribution in [0.2, 0.25) is 0 Å². The molecule has 0 aliphatic rings. The van der Waals surface area contributed by atoms with Crippen LogP contribution in [0.1, 0.15) is 37.0 Å². The van der Waals surface area contributed by atoms with Gasteiger partial charge in [-0.3, -0.25) is 4.79 Å². The van der Waals surface area contributed by atoms with Gasteiger partial charge in [0.1, 0.15) is 5.75 Å². The van der Waals surface area contributed by atoms with E-state index in [0.717, 1.165) is 28.9 Å². The highest BCUT2D eigenvalue weighted by atomic mass is 16.5. The third kappa shape index (κ3) is 5.21. The number of hydrogen-bond acceptors (Lipinski definition) is 3. The molecule has 0 aliphatic heterocycles.